The van der Waals surface area contributed by atoms with Gasteiger partial charge in [-0.15, -0.1) is 0 Å². The quantitative estimate of drug-likeness (QED) is 0.809. The zero-order valence-corrected chi connectivity index (χ0v) is 14.4. The van der Waals surface area contributed by atoms with Crippen molar-refractivity contribution in [1.82, 2.24) is 5.01 Å². The fourth-order valence-electron chi connectivity index (χ4n) is 4.46. The first-order chi connectivity index (χ1) is 12.3. The molecule has 1 fully saturated rings. The van der Waals surface area contributed by atoms with Gasteiger partial charge in [0.2, 0.25) is 0 Å². The minimum atomic E-state index is -0.362. The molecule has 2 aliphatic heterocycles. The molecule has 5 nitrogen and oxygen atoms in total. The fraction of sp³-hybridized carbons (Fsp3) is 0.450. The van der Waals surface area contributed by atoms with Crippen LogP contribution < -0.4 is 9.47 Å². The van der Waals surface area contributed by atoms with Crippen molar-refractivity contribution in [3.63, 3.8) is 0 Å². The first-order valence-corrected chi connectivity index (χ1v) is 9.07. The van der Waals surface area contributed by atoms with E-state index in [1.165, 1.54) is 19.3 Å². The Kier molecular flexibility index (Phi) is 3.30. The van der Waals surface area contributed by atoms with Crippen molar-refractivity contribution in [3.05, 3.63) is 47.9 Å². The highest BCUT2D eigenvalue weighted by atomic mass is 16.5. The molecule has 3 heterocycles. The third-order valence-corrected chi connectivity index (χ3v) is 5.65. The summed E-state index contributed by atoms with van der Waals surface area (Å²) in [6.45, 7) is 0. The molecule has 2 aromatic rings. The topological polar surface area (TPSA) is 47.2 Å². The lowest BCUT2D eigenvalue weighted by Crippen LogP contribution is -2.54. The van der Waals surface area contributed by atoms with Crippen molar-refractivity contribution in [2.45, 2.75) is 50.3 Å². The summed E-state index contributed by atoms with van der Waals surface area (Å²) in [5, 5.41) is 7.19. The minimum Gasteiger partial charge on any atom is -0.493 e. The molecule has 0 radical (unpaired) electrons. The summed E-state index contributed by atoms with van der Waals surface area (Å²) in [6, 6.07) is 10.2. The average molecular weight is 338 g/mol. The first-order valence-electron chi connectivity index (χ1n) is 9.07. The van der Waals surface area contributed by atoms with Crippen LogP contribution in [0.5, 0.6) is 11.5 Å². The second-order valence-corrected chi connectivity index (χ2v) is 7.08. The Morgan fingerprint density at radius 1 is 1.16 bits per heavy atom. The van der Waals surface area contributed by atoms with Gasteiger partial charge >= 0.3 is 0 Å². The molecule has 1 saturated carbocycles. The van der Waals surface area contributed by atoms with Gasteiger partial charge in [0.25, 0.3) is 0 Å². The SMILES string of the molecule is COc1cccc2c1OC1(CCCCC1)N1N=C(c3ccco3)C[C@@H]21. The van der Waals surface area contributed by atoms with Gasteiger partial charge in [0, 0.05) is 24.8 Å². The third kappa shape index (κ3) is 2.18. The highest BCUT2D eigenvalue weighted by molar-refractivity contribution is 5.99. The van der Waals surface area contributed by atoms with E-state index in [9.17, 15) is 0 Å². The summed E-state index contributed by atoms with van der Waals surface area (Å²) < 4.78 is 17.8. The van der Waals surface area contributed by atoms with Crippen molar-refractivity contribution in [3.8, 4) is 11.5 Å². The Bertz CT molecular complexity index is 806. The monoisotopic (exact) mass is 338 g/mol. The standard InChI is InChI=1S/C20H22N2O3/c1-23-18-8-5-7-14-16-13-15(17-9-6-12-24-17)21-22(16)20(25-19(14)18)10-3-2-4-11-20/h5-9,12,16H,2-4,10-11,13H2,1H3/t16-/m0/s1. The molecular formula is C20H22N2O3. The molecule has 1 spiro atoms. The van der Waals surface area contributed by atoms with E-state index in [-0.39, 0.29) is 11.8 Å². The second-order valence-electron chi connectivity index (χ2n) is 7.08. The molecule has 1 atom stereocenters. The summed E-state index contributed by atoms with van der Waals surface area (Å²) in [5.41, 5.74) is 1.79. The molecule has 0 unspecified atom stereocenters. The van der Waals surface area contributed by atoms with E-state index in [1.54, 1.807) is 13.4 Å². The smallest absolute Gasteiger partial charge is 0.198 e. The van der Waals surface area contributed by atoms with Gasteiger partial charge in [-0.1, -0.05) is 18.6 Å². The van der Waals surface area contributed by atoms with Crippen LogP contribution in [0, 0.1) is 0 Å². The van der Waals surface area contributed by atoms with Crippen LogP contribution in [-0.2, 0) is 0 Å². The van der Waals surface area contributed by atoms with Crippen molar-refractivity contribution < 1.29 is 13.9 Å². The van der Waals surface area contributed by atoms with Crippen LogP contribution in [0.3, 0.4) is 0 Å². The van der Waals surface area contributed by atoms with E-state index in [0.717, 1.165) is 47.8 Å². The Labute approximate surface area is 147 Å². The van der Waals surface area contributed by atoms with Gasteiger partial charge in [-0.25, -0.2) is 5.01 Å². The zero-order valence-electron chi connectivity index (χ0n) is 14.4. The molecule has 25 heavy (non-hydrogen) atoms. The lowest BCUT2D eigenvalue weighted by atomic mass is 9.86. The number of ether oxygens (including phenoxy) is 2. The maximum Gasteiger partial charge on any atom is 0.198 e. The van der Waals surface area contributed by atoms with Gasteiger partial charge in [0.1, 0.15) is 11.5 Å². The maximum atomic E-state index is 6.63. The van der Waals surface area contributed by atoms with E-state index in [1.807, 2.05) is 24.3 Å². The highest BCUT2D eigenvalue weighted by Crippen LogP contribution is 2.53. The van der Waals surface area contributed by atoms with E-state index >= 15 is 0 Å². The van der Waals surface area contributed by atoms with Crippen LogP contribution in [0.1, 0.15) is 55.9 Å². The Hall–Kier alpha value is -2.43. The molecule has 0 bridgehead atoms. The summed E-state index contributed by atoms with van der Waals surface area (Å²) in [5.74, 6) is 2.56. The summed E-state index contributed by atoms with van der Waals surface area (Å²) in [4.78, 5) is 0. The molecule has 0 N–H and O–H groups in total. The van der Waals surface area contributed by atoms with Crippen LogP contribution in [0.15, 0.2) is 46.1 Å². The van der Waals surface area contributed by atoms with Gasteiger partial charge in [0.15, 0.2) is 17.2 Å². The maximum absolute atomic E-state index is 6.63. The van der Waals surface area contributed by atoms with Gasteiger partial charge in [-0.05, 0) is 31.0 Å². The number of methoxy groups -OCH3 is 1. The van der Waals surface area contributed by atoms with Gasteiger partial charge in [-0.3, -0.25) is 0 Å². The number of hydrogen-bond acceptors (Lipinski definition) is 5. The number of hydrazone groups is 1. The molecule has 1 aromatic heterocycles. The highest BCUT2D eigenvalue weighted by Gasteiger charge is 2.51. The van der Waals surface area contributed by atoms with Crippen LogP contribution >= 0.6 is 0 Å². The molecule has 3 aliphatic rings. The Morgan fingerprint density at radius 3 is 2.80 bits per heavy atom. The average Bonchev–Trinajstić information content (AvgIpc) is 3.32. The van der Waals surface area contributed by atoms with Crippen molar-refractivity contribution in [2.75, 3.05) is 7.11 Å². The number of para-hydroxylation sites is 1. The lowest BCUT2D eigenvalue weighted by Gasteiger charge is -2.49. The normalized spacial score (nSPS) is 23.6. The third-order valence-electron chi connectivity index (χ3n) is 5.65. The molecule has 1 aromatic carbocycles. The molecule has 1 aliphatic carbocycles. The van der Waals surface area contributed by atoms with Crippen molar-refractivity contribution in [2.24, 2.45) is 5.10 Å². The van der Waals surface area contributed by atoms with E-state index in [2.05, 4.69) is 11.1 Å². The molecule has 0 amide bonds. The first kappa shape index (κ1) is 14.9. The summed E-state index contributed by atoms with van der Waals surface area (Å²) >= 11 is 0. The van der Waals surface area contributed by atoms with E-state index in [0.29, 0.717) is 0 Å². The fourth-order valence-corrected chi connectivity index (χ4v) is 4.46. The van der Waals surface area contributed by atoms with Crippen LogP contribution in [0.4, 0.5) is 0 Å². The van der Waals surface area contributed by atoms with Gasteiger partial charge in [0.05, 0.1) is 19.4 Å². The minimum absolute atomic E-state index is 0.178. The summed E-state index contributed by atoms with van der Waals surface area (Å²) in [6.07, 6.45) is 8.12. The number of fused-ring (bicyclic) bond motifs is 4. The molecule has 5 rings (SSSR count). The zero-order chi connectivity index (χ0) is 16.9. The predicted molar refractivity (Wildman–Crippen MR) is 93.9 cm³/mol. The number of furan rings is 1. The molecule has 130 valence electrons. The van der Waals surface area contributed by atoms with E-state index < -0.39 is 0 Å². The molecular weight excluding hydrogens is 316 g/mol. The van der Waals surface area contributed by atoms with Crippen LogP contribution in [-0.4, -0.2) is 23.6 Å². The summed E-state index contributed by atoms with van der Waals surface area (Å²) in [7, 11) is 1.71. The predicted octanol–water partition coefficient (Wildman–Crippen LogP) is 4.49. The number of rotatable bonds is 2. The number of hydrogen-bond donors (Lipinski definition) is 0. The Morgan fingerprint density at radius 2 is 2.04 bits per heavy atom. The largest absolute Gasteiger partial charge is 0.493 e. The number of benzene rings is 1. The Balaban J connectivity index is 1.63. The number of nitrogens with zero attached hydrogens (tertiary/aromatic N) is 2. The van der Waals surface area contributed by atoms with Crippen molar-refractivity contribution >= 4 is 5.71 Å². The van der Waals surface area contributed by atoms with Gasteiger partial charge < -0.3 is 13.9 Å². The van der Waals surface area contributed by atoms with Crippen LogP contribution in [0.2, 0.25) is 0 Å². The van der Waals surface area contributed by atoms with Crippen LogP contribution in [0.25, 0.3) is 0 Å². The molecule has 0 saturated heterocycles. The van der Waals surface area contributed by atoms with Gasteiger partial charge in [-0.2, -0.15) is 5.10 Å². The lowest BCUT2D eigenvalue weighted by molar-refractivity contribution is -0.141. The van der Waals surface area contributed by atoms with E-state index in [4.69, 9.17) is 19.0 Å². The second kappa shape index (κ2) is 5.55. The molecule has 5 heteroatoms. The van der Waals surface area contributed by atoms with Crippen molar-refractivity contribution in [1.29, 1.82) is 0 Å².